The highest BCUT2D eigenvalue weighted by Gasteiger charge is 2.39. The molecule has 0 radical (unpaired) electrons. The lowest BCUT2D eigenvalue weighted by atomic mass is 9.64. The van der Waals surface area contributed by atoms with Crippen molar-refractivity contribution in [2.24, 2.45) is 5.92 Å². The number of aliphatic hydroxyl groups is 1. The van der Waals surface area contributed by atoms with E-state index in [4.69, 9.17) is 5.11 Å². The SMILES string of the molecule is O=C(NCC1(c2ccc(F)cc2)CCC1)N[C@@H]1C=C[C@H](CO)C1. The van der Waals surface area contributed by atoms with Crippen LogP contribution < -0.4 is 10.6 Å². The first-order chi connectivity index (χ1) is 11.1. The quantitative estimate of drug-likeness (QED) is 0.731. The molecule has 2 aliphatic carbocycles. The van der Waals surface area contributed by atoms with Crippen molar-refractivity contribution < 1.29 is 14.3 Å². The lowest BCUT2D eigenvalue weighted by Gasteiger charge is -2.42. The minimum Gasteiger partial charge on any atom is -0.396 e. The number of halogens is 1. The standard InChI is InChI=1S/C18H23FN2O2/c19-15-5-3-14(4-6-15)18(8-1-9-18)12-20-17(23)21-16-7-2-13(10-16)11-22/h2-7,13,16,22H,1,8-12H2,(H2,20,21,23)/t13-,16+/m0/s1. The Hall–Kier alpha value is -1.88. The van der Waals surface area contributed by atoms with Gasteiger partial charge in [0.2, 0.25) is 0 Å². The molecule has 1 aromatic rings. The van der Waals surface area contributed by atoms with Crippen LogP contribution in [0, 0.1) is 11.7 Å². The fraction of sp³-hybridized carbons (Fsp3) is 0.500. The molecule has 3 rings (SSSR count). The van der Waals surface area contributed by atoms with E-state index in [9.17, 15) is 9.18 Å². The molecule has 23 heavy (non-hydrogen) atoms. The summed E-state index contributed by atoms with van der Waals surface area (Å²) in [4.78, 5) is 12.1. The van der Waals surface area contributed by atoms with Crippen LogP contribution in [0.15, 0.2) is 36.4 Å². The van der Waals surface area contributed by atoms with Gasteiger partial charge in [0, 0.05) is 30.5 Å². The number of hydrogen-bond acceptors (Lipinski definition) is 2. The number of urea groups is 1. The van der Waals surface area contributed by atoms with Crippen LogP contribution in [-0.2, 0) is 5.41 Å². The molecule has 1 fully saturated rings. The van der Waals surface area contributed by atoms with Crippen LogP contribution in [0.25, 0.3) is 0 Å². The van der Waals surface area contributed by atoms with Crippen LogP contribution in [0.2, 0.25) is 0 Å². The molecule has 2 aliphatic rings. The van der Waals surface area contributed by atoms with Gasteiger partial charge >= 0.3 is 6.03 Å². The zero-order valence-electron chi connectivity index (χ0n) is 13.1. The van der Waals surface area contributed by atoms with Crippen molar-refractivity contribution in [1.82, 2.24) is 10.6 Å². The molecule has 0 saturated heterocycles. The minimum absolute atomic E-state index is 0.0182. The van der Waals surface area contributed by atoms with Crippen LogP contribution in [0.4, 0.5) is 9.18 Å². The van der Waals surface area contributed by atoms with E-state index >= 15 is 0 Å². The number of hydrogen-bond donors (Lipinski definition) is 3. The lowest BCUT2D eigenvalue weighted by Crippen LogP contribution is -2.49. The molecule has 0 aromatic heterocycles. The number of aliphatic hydroxyl groups excluding tert-OH is 1. The Bertz CT molecular complexity index is 581. The second-order valence-electron chi connectivity index (χ2n) is 6.64. The van der Waals surface area contributed by atoms with Gasteiger partial charge in [0.15, 0.2) is 0 Å². The third kappa shape index (κ3) is 3.55. The predicted octanol–water partition coefficient (Wildman–Crippen LogP) is 2.48. The Morgan fingerprint density at radius 2 is 2.00 bits per heavy atom. The molecule has 3 N–H and O–H groups in total. The smallest absolute Gasteiger partial charge is 0.315 e. The van der Waals surface area contributed by atoms with Gasteiger partial charge in [-0.2, -0.15) is 0 Å². The number of rotatable bonds is 5. The molecule has 1 aromatic carbocycles. The van der Waals surface area contributed by atoms with Crippen molar-refractivity contribution >= 4 is 6.03 Å². The van der Waals surface area contributed by atoms with Gasteiger partial charge in [-0.05, 0) is 37.0 Å². The number of benzene rings is 1. The second kappa shape index (κ2) is 6.71. The Labute approximate surface area is 135 Å². The van der Waals surface area contributed by atoms with Crippen molar-refractivity contribution in [3.8, 4) is 0 Å². The highest BCUT2D eigenvalue weighted by atomic mass is 19.1. The summed E-state index contributed by atoms with van der Waals surface area (Å²) in [5, 5.41) is 15.0. The number of amides is 2. The van der Waals surface area contributed by atoms with Gasteiger partial charge in [-0.15, -0.1) is 0 Å². The van der Waals surface area contributed by atoms with Crippen molar-refractivity contribution in [3.05, 3.63) is 47.8 Å². The lowest BCUT2D eigenvalue weighted by molar-refractivity contribution is 0.211. The van der Waals surface area contributed by atoms with E-state index in [1.54, 1.807) is 0 Å². The summed E-state index contributed by atoms with van der Waals surface area (Å²) >= 11 is 0. The molecule has 2 atom stereocenters. The summed E-state index contributed by atoms with van der Waals surface area (Å²) in [5.74, 6) is -0.0992. The first kappa shape index (κ1) is 16.0. The molecule has 2 amide bonds. The first-order valence-electron chi connectivity index (χ1n) is 8.21. The molecule has 5 heteroatoms. The summed E-state index contributed by atoms with van der Waals surface area (Å²) in [6, 6.07) is 6.39. The Kier molecular flexibility index (Phi) is 4.66. The van der Waals surface area contributed by atoms with Gasteiger partial charge in [-0.25, -0.2) is 9.18 Å². The van der Waals surface area contributed by atoms with Crippen molar-refractivity contribution in [3.63, 3.8) is 0 Å². The molecule has 4 nitrogen and oxygen atoms in total. The van der Waals surface area contributed by atoms with Gasteiger partial charge in [-0.3, -0.25) is 0 Å². The molecule has 1 saturated carbocycles. The molecule has 124 valence electrons. The summed E-state index contributed by atoms with van der Waals surface area (Å²) in [6.45, 7) is 0.675. The van der Waals surface area contributed by atoms with Crippen LogP contribution in [0.5, 0.6) is 0 Å². The normalized spacial score (nSPS) is 25.0. The van der Waals surface area contributed by atoms with Gasteiger partial charge in [0.1, 0.15) is 5.82 Å². The number of nitrogens with one attached hydrogen (secondary N) is 2. The fourth-order valence-electron chi connectivity index (χ4n) is 3.46. The molecular weight excluding hydrogens is 295 g/mol. The largest absolute Gasteiger partial charge is 0.396 e. The molecule has 0 bridgehead atoms. The molecular formula is C18H23FN2O2. The highest BCUT2D eigenvalue weighted by molar-refractivity contribution is 5.74. The summed E-state index contributed by atoms with van der Waals surface area (Å²) < 4.78 is 13.1. The Balaban J connectivity index is 1.53. The van der Waals surface area contributed by atoms with Crippen molar-refractivity contribution in [2.45, 2.75) is 37.1 Å². The molecule has 0 aliphatic heterocycles. The first-order valence-corrected chi connectivity index (χ1v) is 8.21. The Morgan fingerprint density at radius 3 is 2.57 bits per heavy atom. The maximum absolute atomic E-state index is 13.1. The Morgan fingerprint density at radius 1 is 1.26 bits per heavy atom. The second-order valence-corrected chi connectivity index (χ2v) is 6.64. The maximum atomic E-state index is 13.1. The van der Waals surface area contributed by atoms with E-state index in [2.05, 4.69) is 10.6 Å². The third-order valence-electron chi connectivity index (χ3n) is 5.08. The monoisotopic (exact) mass is 318 g/mol. The zero-order chi connectivity index (χ0) is 16.3. The van der Waals surface area contributed by atoms with Crippen LogP contribution in [-0.4, -0.2) is 30.3 Å². The predicted molar refractivity (Wildman–Crippen MR) is 86.6 cm³/mol. The summed E-state index contributed by atoms with van der Waals surface area (Å²) in [7, 11) is 0. The summed E-state index contributed by atoms with van der Waals surface area (Å²) in [6.07, 6.45) is 7.76. The topological polar surface area (TPSA) is 61.4 Å². The van der Waals surface area contributed by atoms with E-state index < -0.39 is 0 Å². The van der Waals surface area contributed by atoms with E-state index in [0.29, 0.717) is 6.54 Å². The fourth-order valence-corrected chi connectivity index (χ4v) is 3.46. The number of carbonyl (C=O) groups is 1. The molecule has 0 spiro atoms. The third-order valence-corrected chi connectivity index (χ3v) is 5.08. The molecule has 0 heterocycles. The van der Waals surface area contributed by atoms with E-state index in [1.807, 2.05) is 24.3 Å². The van der Waals surface area contributed by atoms with E-state index in [-0.39, 0.29) is 35.8 Å². The average Bonchev–Trinajstić information content (AvgIpc) is 2.95. The van der Waals surface area contributed by atoms with Gasteiger partial charge in [-0.1, -0.05) is 30.7 Å². The van der Waals surface area contributed by atoms with E-state index in [1.165, 1.54) is 12.1 Å². The maximum Gasteiger partial charge on any atom is 0.315 e. The van der Waals surface area contributed by atoms with Gasteiger partial charge in [0.25, 0.3) is 0 Å². The minimum atomic E-state index is -0.236. The van der Waals surface area contributed by atoms with Crippen LogP contribution in [0.3, 0.4) is 0 Å². The average molecular weight is 318 g/mol. The van der Waals surface area contributed by atoms with Crippen molar-refractivity contribution in [1.29, 1.82) is 0 Å². The van der Waals surface area contributed by atoms with Crippen molar-refractivity contribution in [2.75, 3.05) is 13.2 Å². The zero-order valence-corrected chi connectivity index (χ0v) is 13.1. The van der Waals surface area contributed by atoms with Crippen LogP contribution in [0.1, 0.15) is 31.2 Å². The van der Waals surface area contributed by atoms with E-state index in [0.717, 1.165) is 31.2 Å². The highest BCUT2D eigenvalue weighted by Crippen LogP contribution is 2.43. The summed E-state index contributed by atoms with van der Waals surface area (Å²) in [5.41, 5.74) is 1.02. The van der Waals surface area contributed by atoms with Gasteiger partial charge < -0.3 is 15.7 Å². The molecule has 0 unspecified atom stereocenters. The van der Waals surface area contributed by atoms with Crippen LogP contribution >= 0.6 is 0 Å². The van der Waals surface area contributed by atoms with Gasteiger partial charge in [0.05, 0.1) is 0 Å². The number of carbonyl (C=O) groups excluding carboxylic acids is 1.